The van der Waals surface area contributed by atoms with Crippen molar-refractivity contribution in [1.29, 1.82) is 0 Å². The third-order valence-electron chi connectivity index (χ3n) is 7.26. The van der Waals surface area contributed by atoms with Gasteiger partial charge in [-0.05, 0) is 70.4 Å². The van der Waals surface area contributed by atoms with Crippen LogP contribution in [0.25, 0.3) is 33.7 Å². The summed E-state index contributed by atoms with van der Waals surface area (Å²) >= 11 is 0. The van der Waals surface area contributed by atoms with E-state index in [1.807, 2.05) is 48.5 Å². The van der Waals surface area contributed by atoms with Gasteiger partial charge in [0.1, 0.15) is 9.79 Å². The normalized spacial score (nSPS) is 12.6. The Morgan fingerprint density at radius 3 is 1.29 bits per heavy atom. The quantitative estimate of drug-likeness (QED) is 0.0528. The zero-order valence-corrected chi connectivity index (χ0v) is 26.5. The molecule has 0 aliphatic carbocycles. The minimum atomic E-state index is -4.76. The standard InChI is InChI=1S/C34H26N6O6S2/c35-25-15-23-5-1-3-7-29(23)31(17-25)39-37-27-13-11-21(33(19-27)47(41,42)43)9-10-22-12-14-28(20-34(22)48(44,45)46)38-40-32-18-26(36)16-24-6-2-4-8-30(24)32/h1-20H,35-36H2,(H,41,42,43)(H,44,45,46). The van der Waals surface area contributed by atoms with Gasteiger partial charge in [0.15, 0.2) is 0 Å². The molecule has 0 unspecified atom stereocenters. The first-order chi connectivity index (χ1) is 22.8. The molecular weight excluding hydrogens is 653 g/mol. The monoisotopic (exact) mass is 678 g/mol. The largest absolute Gasteiger partial charge is 0.399 e. The van der Waals surface area contributed by atoms with Crippen molar-refractivity contribution in [3.05, 3.63) is 120 Å². The molecule has 0 saturated carbocycles. The van der Waals surface area contributed by atoms with Crippen molar-refractivity contribution in [1.82, 2.24) is 0 Å². The molecule has 0 atom stereocenters. The van der Waals surface area contributed by atoms with Crippen molar-refractivity contribution in [3.8, 4) is 0 Å². The van der Waals surface area contributed by atoms with Crippen LogP contribution in [-0.2, 0) is 20.2 Å². The van der Waals surface area contributed by atoms with Crippen molar-refractivity contribution in [2.75, 3.05) is 11.5 Å². The molecule has 0 heterocycles. The average molecular weight is 679 g/mol. The molecule has 0 radical (unpaired) electrons. The molecule has 0 aromatic heterocycles. The molecule has 6 rings (SSSR count). The van der Waals surface area contributed by atoms with Crippen molar-refractivity contribution >= 4 is 88.1 Å². The fraction of sp³-hybridized carbons (Fsp3) is 0. The molecule has 48 heavy (non-hydrogen) atoms. The first-order valence-electron chi connectivity index (χ1n) is 14.2. The van der Waals surface area contributed by atoms with Gasteiger partial charge in [0.05, 0.1) is 22.7 Å². The minimum Gasteiger partial charge on any atom is -0.399 e. The molecular formula is C34H26N6O6S2. The fourth-order valence-corrected chi connectivity index (χ4v) is 6.49. The third kappa shape index (κ3) is 7.11. The zero-order valence-electron chi connectivity index (χ0n) is 24.8. The highest BCUT2D eigenvalue weighted by atomic mass is 32.2. The number of benzene rings is 6. The van der Waals surface area contributed by atoms with Crippen molar-refractivity contribution < 1.29 is 25.9 Å². The second kappa shape index (κ2) is 12.8. The van der Waals surface area contributed by atoms with Gasteiger partial charge in [0.2, 0.25) is 0 Å². The Balaban J connectivity index is 1.32. The van der Waals surface area contributed by atoms with Crippen LogP contribution >= 0.6 is 0 Å². The summed E-state index contributed by atoms with van der Waals surface area (Å²) in [6.45, 7) is 0. The average Bonchev–Trinajstić information content (AvgIpc) is 3.04. The molecule has 0 aliphatic rings. The fourth-order valence-electron chi connectivity index (χ4n) is 5.09. The second-order valence-electron chi connectivity index (χ2n) is 10.7. The van der Waals surface area contributed by atoms with Gasteiger partial charge in [-0.2, -0.15) is 27.1 Å². The van der Waals surface area contributed by atoms with E-state index in [4.69, 9.17) is 11.5 Å². The van der Waals surface area contributed by atoms with Crippen LogP contribution in [-0.4, -0.2) is 25.9 Å². The van der Waals surface area contributed by atoms with Gasteiger partial charge in [-0.1, -0.05) is 72.8 Å². The molecule has 6 aromatic rings. The van der Waals surface area contributed by atoms with Crippen LogP contribution in [0, 0.1) is 0 Å². The lowest BCUT2D eigenvalue weighted by Crippen LogP contribution is -2.01. The first-order valence-corrected chi connectivity index (χ1v) is 17.0. The molecule has 6 N–H and O–H groups in total. The lowest BCUT2D eigenvalue weighted by Gasteiger charge is -2.07. The van der Waals surface area contributed by atoms with Crippen LogP contribution in [0.5, 0.6) is 0 Å². The summed E-state index contributed by atoms with van der Waals surface area (Å²) in [7, 11) is -9.52. The number of hydrogen-bond donors (Lipinski definition) is 4. The van der Waals surface area contributed by atoms with Crippen molar-refractivity contribution in [2.24, 2.45) is 20.5 Å². The SMILES string of the molecule is Nc1cc(N=Nc2ccc(C=Cc3ccc(N=Nc4cc(N)cc5ccccc45)cc3S(=O)(=O)O)c(S(=O)(=O)O)c2)c2ccccc2c1. The van der Waals surface area contributed by atoms with Crippen LogP contribution in [0.15, 0.2) is 139 Å². The van der Waals surface area contributed by atoms with E-state index in [1.165, 1.54) is 36.4 Å². The van der Waals surface area contributed by atoms with Gasteiger partial charge in [0, 0.05) is 22.1 Å². The van der Waals surface area contributed by atoms with E-state index in [0.717, 1.165) is 33.7 Å². The highest BCUT2D eigenvalue weighted by molar-refractivity contribution is 7.86. The summed E-state index contributed by atoms with van der Waals surface area (Å²) in [4.78, 5) is -0.998. The third-order valence-corrected chi connectivity index (χ3v) is 9.08. The molecule has 240 valence electrons. The number of hydrogen-bond acceptors (Lipinski definition) is 10. The van der Waals surface area contributed by atoms with Gasteiger partial charge < -0.3 is 11.5 Å². The zero-order chi connectivity index (χ0) is 34.1. The van der Waals surface area contributed by atoms with Crippen LogP contribution in [0.2, 0.25) is 0 Å². The van der Waals surface area contributed by atoms with E-state index in [-0.39, 0.29) is 22.5 Å². The number of fused-ring (bicyclic) bond motifs is 2. The second-order valence-corrected chi connectivity index (χ2v) is 13.4. The Morgan fingerprint density at radius 1 is 0.500 bits per heavy atom. The van der Waals surface area contributed by atoms with Crippen molar-refractivity contribution in [3.63, 3.8) is 0 Å². The van der Waals surface area contributed by atoms with E-state index in [9.17, 15) is 25.9 Å². The van der Waals surface area contributed by atoms with Gasteiger partial charge in [-0.3, -0.25) is 9.11 Å². The predicted octanol–water partition coefficient (Wildman–Crippen LogP) is 8.65. The van der Waals surface area contributed by atoms with Crippen LogP contribution in [0.3, 0.4) is 0 Å². The summed E-state index contributed by atoms with van der Waals surface area (Å²) in [5, 5.41) is 20.1. The molecule has 0 amide bonds. The maximum absolute atomic E-state index is 12.3. The Morgan fingerprint density at radius 2 is 0.896 bits per heavy atom. The highest BCUT2D eigenvalue weighted by Gasteiger charge is 2.18. The lowest BCUT2D eigenvalue weighted by molar-refractivity contribution is 0.480. The molecule has 0 aliphatic heterocycles. The maximum atomic E-state index is 12.3. The van der Waals surface area contributed by atoms with Crippen LogP contribution in [0.4, 0.5) is 34.1 Å². The summed E-state index contributed by atoms with van der Waals surface area (Å²) in [5.41, 5.74) is 14.1. The van der Waals surface area contributed by atoms with Gasteiger partial charge in [-0.25, -0.2) is 0 Å². The molecule has 0 spiro atoms. The number of nitrogen functional groups attached to an aromatic ring is 2. The Labute approximate surface area is 275 Å². The molecule has 0 fully saturated rings. The topological polar surface area (TPSA) is 210 Å². The number of azo groups is 2. The first kappa shape index (κ1) is 32.2. The van der Waals surface area contributed by atoms with E-state index in [0.29, 0.717) is 22.7 Å². The number of nitrogens with two attached hydrogens (primary N) is 2. The van der Waals surface area contributed by atoms with Crippen LogP contribution < -0.4 is 11.5 Å². The summed E-state index contributed by atoms with van der Waals surface area (Å²) < 4.78 is 69.3. The van der Waals surface area contributed by atoms with Gasteiger partial charge in [-0.15, -0.1) is 10.2 Å². The van der Waals surface area contributed by atoms with Gasteiger partial charge in [0.25, 0.3) is 20.2 Å². The predicted molar refractivity (Wildman–Crippen MR) is 187 cm³/mol. The summed E-state index contributed by atoms with van der Waals surface area (Å²) in [6, 6.07) is 29.6. The van der Waals surface area contributed by atoms with Crippen LogP contribution in [0.1, 0.15) is 11.1 Å². The molecule has 6 aromatic carbocycles. The van der Waals surface area contributed by atoms with E-state index < -0.39 is 30.0 Å². The minimum absolute atomic E-state index is 0.0180. The Kier molecular flexibility index (Phi) is 8.56. The molecule has 0 bridgehead atoms. The van der Waals surface area contributed by atoms with E-state index in [1.54, 1.807) is 24.3 Å². The molecule has 0 saturated heterocycles. The van der Waals surface area contributed by atoms with E-state index >= 15 is 0 Å². The lowest BCUT2D eigenvalue weighted by atomic mass is 10.1. The Hall–Kier alpha value is -5.80. The van der Waals surface area contributed by atoms with E-state index in [2.05, 4.69) is 20.5 Å². The smallest absolute Gasteiger partial charge is 0.295 e. The summed E-state index contributed by atoms with van der Waals surface area (Å²) in [6.07, 6.45) is 2.55. The Bertz CT molecular complexity index is 2370. The number of nitrogens with zero attached hydrogens (tertiary/aromatic N) is 4. The molecule has 12 nitrogen and oxygen atoms in total. The summed E-state index contributed by atoms with van der Waals surface area (Å²) in [5.74, 6) is 0. The highest BCUT2D eigenvalue weighted by Crippen LogP contribution is 2.34. The number of anilines is 2. The molecule has 14 heteroatoms. The maximum Gasteiger partial charge on any atom is 0.295 e. The van der Waals surface area contributed by atoms with Gasteiger partial charge >= 0.3 is 0 Å². The number of rotatable bonds is 8. The van der Waals surface area contributed by atoms with Crippen molar-refractivity contribution in [2.45, 2.75) is 9.79 Å².